The number of hydrogen-bond acceptors (Lipinski definition) is 1. The van der Waals surface area contributed by atoms with Crippen LogP contribution in [0.1, 0.15) is 68.2 Å². The minimum atomic E-state index is 0.453. The van der Waals surface area contributed by atoms with Crippen molar-refractivity contribution in [2.45, 2.75) is 56.9 Å². The number of rotatable bonds is 2. The van der Waals surface area contributed by atoms with Gasteiger partial charge in [-0.05, 0) is 38.0 Å². The standard InChI is InChI=1S/C13H18N2O/c1-7(8-2-3-8)15-12-10-5-4-9(6-10)11(12)13(16)14-15/h7-10H,2-6H2,1H3,(H,14,16)/p+1. The summed E-state index contributed by atoms with van der Waals surface area (Å²) in [7, 11) is 0. The van der Waals surface area contributed by atoms with Gasteiger partial charge in [0.15, 0.2) is 6.04 Å². The Hall–Kier alpha value is -0.990. The first-order valence-corrected chi connectivity index (χ1v) is 6.62. The normalized spacial score (nSPS) is 33.1. The van der Waals surface area contributed by atoms with Crippen LogP contribution in [-0.4, -0.2) is 10.2 Å². The van der Waals surface area contributed by atoms with E-state index in [9.17, 15) is 5.11 Å². The zero-order valence-corrected chi connectivity index (χ0v) is 9.74. The fourth-order valence-corrected chi connectivity index (χ4v) is 3.91. The smallest absolute Gasteiger partial charge is 0.250 e. The Kier molecular flexibility index (Phi) is 1.60. The second-order valence-electron chi connectivity index (χ2n) is 5.91. The van der Waals surface area contributed by atoms with E-state index >= 15 is 0 Å². The second-order valence-corrected chi connectivity index (χ2v) is 5.91. The number of hydrogen-bond donors (Lipinski definition) is 2. The molecule has 1 aromatic heterocycles. The summed E-state index contributed by atoms with van der Waals surface area (Å²) in [6.07, 6.45) is 6.60. The maximum atomic E-state index is 10.0. The van der Waals surface area contributed by atoms with E-state index in [1.54, 1.807) is 0 Å². The number of aromatic nitrogens is 2. The summed E-state index contributed by atoms with van der Waals surface area (Å²) in [5.74, 6) is 2.66. The monoisotopic (exact) mass is 219 g/mol. The van der Waals surface area contributed by atoms with Crippen LogP contribution in [0.3, 0.4) is 0 Å². The number of fused-ring (bicyclic) bond motifs is 5. The molecule has 86 valence electrons. The number of aromatic hydroxyl groups is 1. The molecule has 2 fully saturated rings. The van der Waals surface area contributed by atoms with Gasteiger partial charge in [0.25, 0.3) is 5.88 Å². The van der Waals surface area contributed by atoms with Gasteiger partial charge in [0.1, 0.15) is 0 Å². The average Bonchev–Trinajstić information content (AvgIpc) is 2.78. The Morgan fingerprint density at radius 3 is 2.75 bits per heavy atom. The van der Waals surface area contributed by atoms with Crippen LogP contribution in [0.5, 0.6) is 5.88 Å². The molecule has 0 spiro atoms. The zero-order chi connectivity index (χ0) is 10.9. The van der Waals surface area contributed by atoms with Gasteiger partial charge in [0.2, 0.25) is 5.69 Å². The molecule has 2 bridgehead atoms. The second kappa shape index (κ2) is 2.82. The average molecular weight is 219 g/mol. The largest absolute Gasteiger partial charge is 0.491 e. The minimum absolute atomic E-state index is 0.453. The Bertz CT molecular complexity index is 447. The van der Waals surface area contributed by atoms with E-state index in [0.717, 1.165) is 11.8 Å². The number of aromatic amines is 1. The molecule has 4 rings (SSSR count). The molecular weight excluding hydrogens is 200 g/mol. The minimum Gasteiger partial charge on any atom is -0.491 e. The van der Waals surface area contributed by atoms with Gasteiger partial charge in [0.05, 0.1) is 5.56 Å². The summed E-state index contributed by atoms with van der Waals surface area (Å²) >= 11 is 0. The lowest BCUT2D eigenvalue weighted by Gasteiger charge is -2.09. The predicted octanol–water partition coefficient (Wildman–Crippen LogP) is 2.34. The van der Waals surface area contributed by atoms with Crippen molar-refractivity contribution in [3.8, 4) is 5.88 Å². The first kappa shape index (κ1) is 9.08. The highest BCUT2D eigenvalue weighted by atomic mass is 16.3. The zero-order valence-electron chi connectivity index (χ0n) is 9.74. The molecule has 0 amide bonds. The summed E-state index contributed by atoms with van der Waals surface area (Å²) in [4.78, 5) is 0. The van der Waals surface area contributed by atoms with Crippen LogP contribution in [-0.2, 0) is 0 Å². The van der Waals surface area contributed by atoms with Crippen molar-refractivity contribution in [2.24, 2.45) is 5.92 Å². The molecule has 0 aromatic carbocycles. The van der Waals surface area contributed by atoms with Crippen molar-refractivity contribution in [1.82, 2.24) is 5.10 Å². The maximum absolute atomic E-state index is 10.0. The lowest BCUT2D eigenvalue weighted by atomic mass is 9.97. The third-order valence-electron chi connectivity index (χ3n) is 4.96. The molecule has 3 nitrogen and oxygen atoms in total. The highest BCUT2D eigenvalue weighted by molar-refractivity contribution is 5.39. The first-order valence-electron chi connectivity index (χ1n) is 6.62. The molecule has 2 N–H and O–H groups in total. The van der Waals surface area contributed by atoms with Gasteiger partial charge in [-0.3, -0.25) is 0 Å². The topological polar surface area (TPSA) is 39.9 Å². The molecule has 0 radical (unpaired) electrons. The molecule has 3 unspecified atom stereocenters. The van der Waals surface area contributed by atoms with Crippen LogP contribution < -0.4 is 4.68 Å². The van der Waals surface area contributed by atoms with Gasteiger partial charge < -0.3 is 5.11 Å². The number of nitrogens with zero attached hydrogens (tertiary/aromatic N) is 1. The van der Waals surface area contributed by atoms with Gasteiger partial charge in [-0.15, -0.1) is 9.78 Å². The quantitative estimate of drug-likeness (QED) is 0.736. The van der Waals surface area contributed by atoms with Gasteiger partial charge in [-0.1, -0.05) is 0 Å². The van der Waals surface area contributed by atoms with Crippen LogP contribution in [0.25, 0.3) is 0 Å². The molecule has 0 saturated heterocycles. The van der Waals surface area contributed by atoms with E-state index in [1.165, 1.54) is 43.4 Å². The Labute approximate surface area is 95.5 Å². The Balaban J connectivity index is 1.83. The molecule has 3 atom stereocenters. The first-order chi connectivity index (χ1) is 7.75. The summed E-state index contributed by atoms with van der Waals surface area (Å²) in [5.41, 5.74) is 2.69. The van der Waals surface area contributed by atoms with E-state index in [2.05, 4.69) is 16.7 Å². The summed E-state index contributed by atoms with van der Waals surface area (Å²) < 4.78 is 2.28. The number of H-pyrrole nitrogens is 1. The number of nitrogens with one attached hydrogen (secondary N) is 1. The van der Waals surface area contributed by atoms with Gasteiger partial charge in [-0.2, -0.15) is 0 Å². The van der Waals surface area contributed by atoms with Crippen molar-refractivity contribution < 1.29 is 9.79 Å². The molecule has 16 heavy (non-hydrogen) atoms. The summed E-state index contributed by atoms with van der Waals surface area (Å²) in [6.45, 7) is 2.29. The van der Waals surface area contributed by atoms with Gasteiger partial charge >= 0.3 is 0 Å². The van der Waals surface area contributed by atoms with Crippen molar-refractivity contribution in [3.63, 3.8) is 0 Å². The van der Waals surface area contributed by atoms with E-state index in [4.69, 9.17) is 0 Å². The molecule has 3 aliphatic carbocycles. The van der Waals surface area contributed by atoms with Crippen LogP contribution in [0.2, 0.25) is 0 Å². The van der Waals surface area contributed by atoms with Crippen molar-refractivity contribution in [3.05, 3.63) is 11.3 Å². The van der Waals surface area contributed by atoms with Crippen molar-refractivity contribution in [2.75, 3.05) is 0 Å². The molecule has 2 saturated carbocycles. The third kappa shape index (κ3) is 1.01. The van der Waals surface area contributed by atoms with E-state index < -0.39 is 0 Å². The van der Waals surface area contributed by atoms with Crippen LogP contribution >= 0.6 is 0 Å². The molecular formula is C13H19N2O+. The Morgan fingerprint density at radius 2 is 2.00 bits per heavy atom. The maximum Gasteiger partial charge on any atom is 0.250 e. The van der Waals surface area contributed by atoms with Gasteiger partial charge in [0, 0.05) is 18.8 Å². The summed E-state index contributed by atoms with van der Waals surface area (Å²) in [5, 5.41) is 13.3. The molecule has 0 aliphatic heterocycles. The fourth-order valence-electron chi connectivity index (χ4n) is 3.91. The van der Waals surface area contributed by atoms with Crippen molar-refractivity contribution in [1.29, 1.82) is 0 Å². The van der Waals surface area contributed by atoms with Crippen LogP contribution in [0, 0.1) is 5.92 Å². The van der Waals surface area contributed by atoms with E-state index in [0.29, 0.717) is 17.8 Å². The predicted molar refractivity (Wildman–Crippen MR) is 59.4 cm³/mol. The lowest BCUT2D eigenvalue weighted by molar-refractivity contribution is -0.781. The van der Waals surface area contributed by atoms with Crippen molar-refractivity contribution >= 4 is 0 Å². The van der Waals surface area contributed by atoms with E-state index in [-0.39, 0.29) is 0 Å². The Morgan fingerprint density at radius 1 is 1.25 bits per heavy atom. The van der Waals surface area contributed by atoms with E-state index in [1.807, 2.05) is 0 Å². The van der Waals surface area contributed by atoms with Crippen LogP contribution in [0.15, 0.2) is 0 Å². The summed E-state index contributed by atoms with van der Waals surface area (Å²) in [6, 6.07) is 0.550. The molecule has 1 heterocycles. The SMILES string of the molecule is CC(C1CC1)[n+]1[nH]c(O)c2c1C1CCC2C1. The highest BCUT2D eigenvalue weighted by Crippen LogP contribution is 2.54. The highest BCUT2D eigenvalue weighted by Gasteiger charge is 2.50. The molecule has 3 heteroatoms. The molecule has 3 aliphatic rings. The lowest BCUT2D eigenvalue weighted by Crippen LogP contribution is -2.44. The van der Waals surface area contributed by atoms with Gasteiger partial charge in [-0.25, -0.2) is 0 Å². The third-order valence-corrected chi connectivity index (χ3v) is 4.96. The molecule has 1 aromatic rings. The van der Waals surface area contributed by atoms with Crippen LogP contribution in [0.4, 0.5) is 0 Å². The fraction of sp³-hybridized carbons (Fsp3) is 0.769.